The quantitative estimate of drug-likeness (QED) is 0.727. The van der Waals surface area contributed by atoms with Gasteiger partial charge >= 0.3 is 5.97 Å². The number of carboxylic acids is 1. The molecule has 1 fully saturated rings. The standard InChI is InChI=1S/C12H15N5O2S/c13-12(11(18)19)3-1-2-7(4-12)20-10-8-9(15-5-14-8)16-6-17-10/h5-7H,1-4,13H2,(H,18,19)(H,14,15,16,17). The highest BCUT2D eigenvalue weighted by molar-refractivity contribution is 8.00. The summed E-state index contributed by atoms with van der Waals surface area (Å²) in [5, 5.41) is 10.2. The number of nitrogens with zero attached hydrogens (tertiary/aromatic N) is 3. The number of imidazole rings is 1. The van der Waals surface area contributed by atoms with Crippen molar-refractivity contribution in [2.75, 3.05) is 0 Å². The molecule has 7 nitrogen and oxygen atoms in total. The Morgan fingerprint density at radius 2 is 2.35 bits per heavy atom. The van der Waals surface area contributed by atoms with Gasteiger partial charge in [0.15, 0.2) is 5.65 Å². The molecule has 4 N–H and O–H groups in total. The van der Waals surface area contributed by atoms with Crippen molar-refractivity contribution in [3.05, 3.63) is 12.7 Å². The molecule has 0 aliphatic heterocycles. The van der Waals surface area contributed by atoms with E-state index in [4.69, 9.17) is 5.73 Å². The molecule has 1 saturated carbocycles. The van der Waals surface area contributed by atoms with Gasteiger partial charge in [0, 0.05) is 5.25 Å². The van der Waals surface area contributed by atoms with Crippen LogP contribution < -0.4 is 5.73 Å². The van der Waals surface area contributed by atoms with E-state index in [1.54, 1.807) is 18.1 Å². The molecule has 0 amide bonds. The first-order chi connectivity index (χ1) is 9.58. The van der Waals surface area contributed by atoms with Crippen molar-refractivity contribution in [1.29, 1.82) is 0 Å². The lowest BCUT2D eigenvalue weighted by molar-refractivity contribution is -0.144. The van der Waals surface area contributed by atoms with E-state index in [-0.39, 0.29) is 5.25 Å². The average molecular weight is 293 g/mol. The minimum atomic E-state index is -1.12. The molecule has 1 aliphatic carbocycles. The number of carbonyl (C=O) groups is 1. The van der Waals surface area contributed by atoms with Crippen LogP contribution in [0, 0.1) is 0 Å². The van der Waals surface area contributed by atoms with Crippen molar-refractivity contribution in [2.45, 2.75) is 41.5 Å². The Morgan fingerprint density at radius 1 is 1.50 bits per heavy atom. The molecule has 0 spiro atoms. The van der Waals surface area contributed by atoms with E-state index in [1.807, 2.05) is 0 Å². The Hall–Kier alpha value is -1.67. The van der Waals surface area contributed by atoms with Crippen molar-refractivity contribution < 1.29 is 9.90 Å². The second-order valence-electron chi connectivity index (χ2n) is 5.08. The van der Waals surface area contributed by atoms with Crippen LogP contribution in [0.5, 0.6) is 0 Å². The topological polar surface area (TPSA) is 118 Å². The highest BCUT2D eigenvalue weighted by atomic mass is 32.2. The Kier molecular flexibility index (Phi) is 3.35. The molecule has 2 aromatic heterocycles. The molecule has 2 aromatic rings. The highest BCUT2D eigenvalue weighted by Gasteiger charge is 2.39. The van der Waals surface area contributed by atoms with E-state index < -0.39 is 11.5 Å². The first-order valence-electron chi connectivity index (χ1n) is 6.41. The van der Waals surface area contributed by atoms with Gasteiger partial charge in [-0.25, -0.2) is 15.0 Å². The number of hydrogen-bond donors (Lipinski definition) is 3. The number of aromatic nitrogens is 4. The number of thioether (sulfide) groups is 1. The van der Waals surface area contributed by atoms with Gasteiger partial charge in [-0.1, -0.05) is 0 Å². The Bertz CT molecular complexity index is 646. The van der Waals surface area contributed by atoms with Crippen LogP contribution in [0.25, 0.3) is 11.2 Å². The number of rotatable bonds is 3. The van der Waals surface area contributed by atoms with E-state index in [0.29, 0.717) is 18.5 Å². The van der Waals surface area contributed by atoms with Gasteiger partial charge in [0.25, 0.3) is 0 Å². The maximum absolute atomic E-state index is 11.3. The number of aliphatic carboxylic acids is 1. The molecule has 0 bridgehead atoms. The summed E-state index contributed by atoms with van der Waals surface area (Å²) in [4.78, 5) is 26.7. The third-order valence-corrected chi connectivity index (χ3v) is 4.90. The summed E-state index contributed by atoms with van der Waals surface area (Å²) in [6.07, 6.45) is 5.79. The summed E-state index contributed by atoms with van der Waals surface area (Å²) in [6, 6.07) is 0. The SMILES string of the molecule is NC1(C(=O)O)CCCC(Sc2ncnc3nc[nH]c23)C1. The van der Waals surface area contributed by atoms with E-state index >= 15 is 0 Å². The molecule has 106 valence electrons. The third kappa shape index (κ3) is 2.36. The lowest BCUT2D eigenvalue weighted by Gasteiger charge is -2.33. The van der Waals surface area contributed by atoms with Crippen molar-refractivity contribution in [1.82, 2.24) is 19.9 Å². The van der Waals surface area contributed by atoms with Gasteiger partial charge in [-0.15, -0.1) is 11.8 Å². The van der Waals surface area contributed by atoms with Gasteiger partial charge in [0.05, 0.1) is 6.33 Å². The smallest absolute Gasteiger partial charge is 0.323 e. The van der Waals surface area contributed by atoms with E-state index in [9.17, 15) is 9.90 Å². The average Bonchev–Trinajstić information content (AvgIpc) is 2.88. The minimum absolute atomic E-state index is 0.145. The summed E-state index contributed by atoms with van der Waals surface area (Å²) in [7, 11) is 0. The number of nitrogens with one attached hydrogen (secondary N) is 1. The summed E-state index contributed by atoms with van der Waals surface area (Å²) in [5.41, 5.74) is 6.27. The maximum Gasteiger partial charge on any atom is 0.323 e. The second kappa shape index (κ2) is 5.02. The van der Waals surface area contributed by atoms with Gasteiger partial charge < -0.3 is 15.8 Å². The first kappa shape index (κ1) is 13.3. The normalized spacial score (nSPS) is 26.8. The summed E-state index contributed by atoms with van der Waals surface area (Å²) < 4.78 is 0. The van der Waals surface area contributed by atoms with Crippen molar-refractivity contribution in [3.8, 4) is 0 Å². The molecule has 0 saturated heterocycles. The van der Waals surface area contributed by atoms with E-state index in [2.05, 4.69) is 19.9 Å². The van der Waals surface area contributed by atoms with Crippen LogP contribution in [0.3, 0.4) is 0 Å². The Morgan fingerprint density at radius 3 is 3.15 bits per heavy atom. The summed E-state index contributed by atoms with van der Waals surface area (Å²) in [5.74, 6) is -0.919. The molecule has 1 aliphatic rings. The fraction of sp³-hybridized carbons (Fsp3) is 0.500. The van der Waals surface area contributed by atoms with Gasteiger partial charge in [0.1, 0.15) is 22.4 Å². The lowest BCUT2D eigenvalue weighted by Crippen LogP contribution is -2.51. The fourth-order valence-corrected chi connectivity index (χ4v) is 3.90. The predicted octanol–water partition coefficient (Wildman–Crippen LogP) is 1.17. The van der Waals surface area contributed by atoms with Gasteiger partial charge in [-0.05, 0) is 25.7 Å². The molecular formula is C12H15N5O2S. The number of H-pyrrole nitrogens is 1. The molecule has 8 heteroatoms. The second-order valence-corrected chi connectivity index (χ2v) is 6.37. The van der Waals surface area contributed by atoms with Gasteiger partial charge in [0.2, 0.25) is 0 Å². The van der Waals surface area contributed by atoms with Crippen LogP contribution in [-0.4, -0.2) is 41.8 Å². The number of hydrogen-bond acceptors (Lipinski definition) is 6. The van der Waals surface area contributed by atoms with Crippen LogP contribution in [0.1, 0.15) is 25.7 Å². The summed E-state index contributed by atoms with van der Waals surface area (Å²) in [6.45, 7) is 0. The highest BCUT2D eigenvalue weighted by Crippen LogP contribution is 2.38. The molecule has 3 rings (SSSR count). The lowest BCUT2D eigenvalue weighted by atomic mass is 9.82. The third-order valence-electron chi connectivity index (χ3n) is 3.63. The monoisotopic (exact) mass is 293 g/mol. The number of carboxylic acid groups (broad SMARTS) is 1. The van der Waals surface area contributed by atoms with Crippen LogP contribution >= 0.6 is 11.8 Å². The zero-order valence-electron chi connectivity index (χ0n) is 10.7. The molecule has 0 radical (unpaired) electrons. The molecular weight excluding hydrogens is 278 g/mol. The zero-order valence-corrected chi connectivity index (χ0v) is 11.6. The van der Waals surface area contributed by atoms with E-state index in [0.717, 1.165) is 23.4 Å². The first-order valence-corrected chi connectivity index (χ1v) is 7.29. The minimum Gasteiger partial charge on any atom is -0.480 e. The molecule has 2 heterocycles. The largest absolute Gasteiger partial charge is 0.480 e. The van der Waals surface area contributed by atoms with Crippen molar-refractivity contribution in [2.24, 2.45) is 5.73 Å². The number of fused-ring (bicyclic) bond motifs is 1. The predicted molar refractivity (Wildman–Crippen MR) is 74.4 cm³/mol. The van der Waals surface area contributed by atoms with Gasteiger partial charge in [-0.3, -0.25) is 4.79 Å². The van der Waals surface area contributed by atoms with Crippen LogP contribution in [0.15, 0.2) is 17.7 Å². The maximum atomic E-state index is 11.3. The Labute approximate surface area is 119 Å². The summed E-state index contributed by atoms with van der Waals surface area (Å²) >= 11 is 1.55. The van der Waals surface area contributed by atoms with Crippen LogP contribution in [0.4, 0.5) is 0 Å². The van der Waals surface area contributed by atoms with Gasteiger partial charge in [-0.2, -0.15) is 0 Å². The number of nitrogens with two attached hydrogens (primary N) is 1. The van der Waals surface area contributed by atoms with Crippen molar-refractivity contribution in [3.63, 3.8) is 0 Å². The van der Waals surface area contributed by atoms with Crippen LogP contribution in [-0.2, 0) is 4.79 Å². The molecule has 2 atom stereocenters. The van der Waals surface area contributed by atoms with Crippen LogP contribution in [0.2, 0.25) is 0 Å². The van der Waals surface area contributed by atoms with Crippen molar-refractivity contribution >= 4 is 28.9 Å². The van der Waals surface area contributed by atoms with E-state index in [1.165, 1.54) is 6.33 Å². The Balaban J connectivity index is 1.81. The zero-order chi connectivity index (χ0) is 14.2. The molecule has 2 unspecified atom stereocenters. The number of aromatic amines is 1. The molecule has 20 heavy (non-hydrogen) atoms. The molecule has 0 aromatic carbocycles. The fourth-order valence-electron chi connectivity index (χ4n) is 2.54.